The number of methoxy groups -OCH3 is 1. The third kappa shape index (κ3) is 3.42. The molecule has 2 fully saturated rings. The molecule has 0 bridgehead atoms. The molecule has 8 nitrogen and oxygen atoms in total. The lowest BCUT2D eigenvalue weighted by atomic mass is 9.98. The van der Waals surface area contributed by atoms with E-state index < -0.39 is 0 Å². The lowest BCUT2D eigenvalue weighted by Crippen LogP contribution is -2.60. The van der Waals surface area contributed by atoms with E-state index in [4.69, 9.17) is 14.0 Å². The molecule has 2 aromatic heterocycles. The van der Waals surface area contributed by atoms with E-state index in [0.29, 0.717) is 19.0 Å². The maximum atomic E-state index is 12.7. The number of hydrogen-bond donors (Lipinski definition) is 0. The van der Waals surface area contributed by atoms with Crippen molar-refractivity contribution >= 4 is 5.91 Å². The first-order valence-electron chi connectivity index (χ1n) is 8.79. The molecule has 4 rings (SSSR count). The van der Waals surface area contributed by atoms with Crippen molar-refractivity contribution < 1.29 is 18.8 Å². The van der Waals surface area contributed by atoms with Crippen LogP contribution in [0.25, 0.3) is 0 Å². The van der Waals surface area contributed by atoms with Gasteiger partial charge in [0, 0.05) is 38.6 Å². The molecule has 0 unspecified atom stereocenters. The number of aromatic nitrogens is 2. The highest BCUT2D eigenvalue weighted by Gasteiger charge is 2.39. The molecule has 4 heterocycles. The van der Waals surface area contributed by atoms with Crippen molar-refractivity contribution in [3.63, 3.8) is 0 Å². The fourth-order valence-corrected chi connectivity index (χ4v) is 3.66. The molecule has 0 N–H and O–H groups in total. The fraction of sp³-hybridized carbons (Fsp3) is 0.500. The maximum Gasteiger partial charge on any atom is 0.292 e. The number of nitrogens with zero attached hydrogens (tertiary/aromatic N) is 4. The predicted octanol–water partition coefficient (Wildman–Crippen LogP) is 1.19. The summed E-state index contributed by atoms with van der Waals surface area (Å²) in [6, 6.07) is 5.74. The normalized spacial score (nSPS) is 23.5. The highest BCUT2D eigenvalue weighted by atomic mass is 16.5. The minimum Gasteiger partial charge on any atom is -0.479 e. The summed E-state index contributed by atoms with van der Waals surface area (Å²) in [4.78, 5) is 21.0. The first-order valence-corrected chi connectivity index (χ1v) is 8.79. The van der Waals surface area contributed by atoms with Crippen LogP contribution in [0.5, 0.6) is 5.88 Å². The number of likely N-dealkylation sites (tertiary alicyclic amines) is 1. The lowest BCUT2D eigenvalue weighted by molar-refractivity contribution is -0.101. The number of hydrogen-bond acceptors (Lipinski definition) is 7. The van der Waals surface area contributed by atoms with Crippen molar-refractivity contribution in [1.82, 2.24) is 19.9 Å². The number of piperidine rings is 1. The molecule has 0 saturated carbocycles. The predicted molar refractivity (Wildman–Crippen MR) is 91.8 cm³/mol. The number of fused-ring (bicyclic) bond motifs is 1. The number of ether oxygens (including phenoxy) is 2. The Balaban J connectivity index is 1.47. The molecule has 8 heteroatoms. The van der Waals surface area contributed by atoms with E-state index in [1.165, 1.54) is 18.7 Å². The van der Waals surface area contributed by atoms with Gasteiger partial charge in [0.25, 0.3) is 11.8 Å². The molecule has 0 radical (unpaired) electrons. The van der Waals surface area contributed by atoms with Crippen LogP contribution in [0.15, 0.2) is 35.1 Å². The van der Waals surface area contributed by atoms with Crippen LogP contribution in [-0.4, -0.2) is 71.3 Å². The van der Waals surface area contributed by atoms with Crippen LogP contribution >= 0.6 is 0 Å². The Morgan fingerprint density at radius 1 is 1.35 bits per heavy atom. The average Bonchev–Trinajstić information content (AvgIpc) is 3.17. The Bertz CT molecular complexity index is 751. The molecule has 0 aromatic carbocycles. The van der Waals surface area contributed by atoms with E-state index >= 15 is 0 Å². The van der Waals surface area contributed by atoms with E-state index in [2.05, 4.69) is 15.0 Å². The van der Waals surface area contributed by atoms with Crippen molar-refractivity contribution in [2.75, 3.05) is 33.4 Å². The molecule has 2 aliphatic heterocycles. The quantitative estimate of drug-likeness (QED) is 0.812. The molecule has 26 heavy (non-hydrogen) atoms. The van der Waals surface area contributed by atoms with Gasteiger partial charge in [-0.2, -0.15) is 0 Å². The highest BCUT2D eigenvalue weighted by molar-refractivity contribution is 5.91. The SMILES string of the molecule is COc1cc(C(=O)N2CC[C@@H]3OCCN(Cc4ccncc4)[C@H]3C2)on1. The molecule has 0 aliphatic carbocycles. The van der Waals surface area contributed by atoms with Crippen molar-refractivity contribution in [3.8, 4) is 5.88 Å². The number of carbonyl (C=O) groups is 1. The zero-order valence-corrected chi connectivity index (χ0v) is 14.7. The van der Waals surface area contributed by atoms with Crippen LogP contribution in [0.3, 0.4) is 0 Å². The molecule has 138 valence electrons. The van der Waals surface area contributed by atoms with Crippen LogP contribution in [0.1, 0.15) is 22.5 Å². The van der Waals surface area contributed by atoms with Crippen molar-refractivity contribution in [1.29, 1.82) is 0 Å². The summed E-state index contributed by atoms with van der Waals surface area (Å²) in [5, 5.41) is 3.72. The molecule has 2 saturated heterocycles. The van der Waals surface area contributed by atoms with Gasteiger partial charge in [0.2, 0.25) is 5.76 Å². The largest absolute Gasteiger partial charge is 0.479 e. The molecule has 2 atom stereocenters. The van der Waals surface area contributed by atoms with Gasteiger partial charge in [-0.1, -0.05) is 0 Å². The Kier molecular flexibility index (Phi) is 4.85. The van der Waals surface area contributed by atoms with Crippen LogP contribution in [0.2, 0.25) is 0 Å². The maximum absolute atomic E-state index is 12.7. The number of rotatable bonds is 4. The summed E-state index contributed by atoms with van der Waals surface area (Å²) in [5.41, 5.74) is 1.21. The Hall–Kier alpha value is -2.45. The second-order valence-electron chi connectivity index (χ2n) is 6.58. The number of morpholine rings is 1. The van der Waals surface area contributed by atoms with Gasteiger partial charge in [-0.05, 0) is 29.3 Å². The summed E-state index contributed by atoms with van der Waals surface area (Å²) in [6.07, 6.45) is 4.58. The first-order chi connectivity index (χ1) is 12.7. The van der Waals surface area contributed by atoms with Gasteiger partial charge in [-0.3, -0.25) is 14.7 Å². The summed E-state index contributed by atoms with van der Waals surface area (Å²) in [7, 11) is 1.49. The number of amides is 1. The summed E-state index contributed by atoms with van der Waals surface area (Å²) in [6.45, 7) is 3.65. The van der Waals surface area contributed by atoms with Crippen LogP contribution in [0.4, 0.5) is 0 Å². The Labute approximate surface area is 151 Å². The molecule has 1 amide bonds. The van der Waals surface area contributed by atoms with E-state index in [-0.39, 0.29) is 23.8 Å². The van der Waals surface area contributed by atoms with Gasteiger partial charge in [-0.25, -0.2) is 0 Å². The zero-order chi connectivity index (χ0) is 17.9. The lowest BCUT2D eigenvalue weighted by Gasteiger charge is -2.46. The topological polar surface area (TPSA) is 80.9 Å². The smallest absolute Gasteiger partial charge is 0.292 e. The molecule has 2 aliphatic rings. The first kappa shape index (κ1) is 17.0. The van der Waals surface area contributed by atoms with Crippen molar-refractivity contribution in [2.24, 2.45) is 0 Å². The molecule has 0 spiro atoms. The molecule has 2 aromatic rings. The van der Waals surface area contributed by atoms with Gasteiger partial charge in [0.05, 0.1) is 31.9 Å². The van der Waals surface area contributed by atoms with Crippen LogP contribution in [-0.2, 0) is 11.3 Å². The standard InChI is InChI=1S/C18H22N4O4/c1-24-17-10-16(26-20-17)18(23)22-7-4-15-14(12-22)21(8-9-25-15)11-13-2-5-19-6-3-13/h2-3,5-6,10,14-15H,4,7-9,11-12H2,1H3/t14-,15-/m0/s1. The Morgan fingerprint density at radius 2 is 2.19 bits per heavy atom. The van der Waals surface area contributed by atoms with Gasteiger partial charge < -0.3 is 18.9 Å². The monoisotopic (exact) mass is 358 g/mol. The number of pyridine rings is 1. The third-order valence-corrected chi connectivity index (χ3v) is 5.03. The van der Waals surface area contributed by atoms with Gasteiger partial charge in [0.1, 0.15) is 0 Å². The third-order valence-electron chi connectivity index (χ3n) is 5.03. The zero-order valence-electron chi connectivity index (χ0n) is 14.7. The highest BCUT2D eigenvalue weighted by Crippen LogP contribution is 2.26. The number of carbonyl (C=O) groups excluding carboxylic acids is 1. The van der Waals surface area contributed by atoms with E-state index in [1.807, 2.05) is 17.0 Å². The van der Waals surface area contributed by atoms with E-state index in [9.17, 15) is 4.79 Å². The fourth-order valence-electron chi connectivity index (χ4n) is 3.66. The van der Waals surface area contributed by atoms with Crippen molar-refractivity contribution in [3.05, 3.63) is 41.9 Å². The average molecular weight is 358 g/mol. The van der Waals surface area contributed by atoms with Crippen LogP contribution in [0, 0.1) is 0 Å². The van der Waals surface area contributed by atoms with Gasteiger partial charge in [0.15, 0.2) is 0 Å². The van der Waals surface area contributed by atoms with Gasteiger partial charge >= 0.3 is 0 Å². The van der Waals surface area contributed by atoms with E-state index in [1.54, 1.807) is 12.4 Å². The second-order valence-corrected chi connectivity index (χ2v) is 6.58. The van der Waals surface area contributed by atoms with Crippen molar-refractivity contribution in [2.45, 2.75) is 25.1 Å². The summed E-state index contributed by atoms with van der Waals surface area (Å²) in [5.74, 6) is 0.356. The molecular formula is C18H22N4O4. The summed E-state index contributed by atoms with van der Waals surface area (Å²) < 4.78 is 16.1. The van der Waals surface area contributed by atoms with Gasteiger partial charge in [-0.15, -0.1) is 0 Å². The minimum atomic E-state index is -0.159. The molecular weight excluding hydrogens is 336 g/mol. The minimum absolute atomic E-state index is 0.152. The second kappa shape index (κ2) is 7.43. The van der Waals surface area contributed by atoms with Crippen LogP contribution < -0.4 is 4.74 Å². The Morgan fingerprint density at radius 3 is 2.96 bits per heavy atom. The summed E-state index contributed by atoms with van der Waals surface area (Å²) >= 11 is 0. The van der Waals surface area contributed by atoms with E-state index in [0.717, 1.165) is 26.1 Å².